The minimum absolute atomic E-state index is 0.243. The van der Waals surface area contributed by atoms with Crippen LogP contribution in [-0.4, -0.2) is 29.1 Å². The van der Waals surface area contributed by atoms with Crippen molar-refractivity contribution in [3.05, 3.63) is 15.9 Å². The molecule has 1 atom stereocenters. The van der Waals surface area contributed by atoms with Crippen molar-refractivity contribution in [2.24, 2.45) is 7.05 Å². The van der Waals surface area contributed by atoms with Gasteiger partial charge in [0, 0.05) is 13.7 Å². The molecule has 2 heterocycles. The quantitative estimate of drug-likeness (QED) is 0.844. The molecule has 84 valence electrons. The van der Waals surface area contributed by atoms with Gasteiger partial charge in [-0.3, -0.25) is 4.68 Å². The van der Waals surface area contributed by atoms with Gasteiger partial charge in [0.15, 0.2) is 0 Å². The zero-order chi connectivity index (χ0) is 10.8. The monoisotopic (exact) mass is 274 g/mol. The predicted molar refractivity (Wildman–Crippen MR) is 59.7 cm³/mol. The Bertz CT molecular complexity index is 345. The molecule has 1 aliphatic heterocycles. The number of hydrogen-bond acceptors (Lipinski definition) is 3. The lowest BCUT2D eigenvalue weighted by Gasteiger charge is -2.10. The van der Waals surface area contributed by atoms with Gasteiger partial charge in [0.2, 0.25) is 0 Å². The molecule has 15 heavy (non-hydrogen) atoms. The minimum Gasteiger partial charge on any atom is -0.379 e. The van der Waals surface area contributed by atoms with Crippen molar-refractivity contribution < 1.29 is 9.47 Å². The first-order valence-corrected chi connectivity index (χ1v) is 5.85. The van der Waals surface area contributed by atoms with E-state index in [1.807, 2.05) is 18.7 Å². The summed E-state index contributed by atoms with van der Waals surface area (Å²) in [5, 5.41) is 4.31. The van der Waals surface area contributed by atoms with Crippen LogP contribution in [0.4, 0.5) is 0 Å². The second-order valence-electron chi connectivity index (χ2n) is 3.77. The Hall–Kier alpha value is -0.390. The normalized spacial score (nSPS) is 21.1. The third-order valence-corrected chi connectivity index (χ3v) is 3.64. The van der Waals surface area contributed by atoms with Crippen molar-refractivity contribution in [1.29, 1.82) is 0 Å². The SMILES string of the molecule is Cc1nn(C)c(COC2CCOC2)c1Br. The van der Waals surface area contributed by atoms with Gasteiger partial charge in [-0.2, -0.15) is 5.10 Å². The van der Waals surface area contributed by atoms with E-state index in [2.05, 4.69) is 21.0 Å². The maximum Gasteiger partial charge on any atom is 0.0901 e. The molecule has 4 nitrogen and oxygen atoms in total. The highest BCUT2D eigenvalue weighted by molar-refractivity contribution is 9.10. The smallest absolute Gasteiger partial charge is 0.0901 e. The Labute approximate surface area is 97.7 Å². The summed E-state index contributed by atoms with van der Waals surface area (Å²) in [5.74, 6) is 0. The number of hydrogen-bond donors (Lipinski definition) is 0. The average molecular weight is 275 g/mol. The van der Waals surface area contributed by atoms with Gasteiger partial charge in [0.1, 0.15) is 0 Å². The Morgan fingerprint density at radius 3 is 3.00 bits per heavy atom. The predicted octanol–water partition coefficient (Wildman–Crippen LogP) is 1.80. The molecule has 1 aliphatic rings. The fourth-order valence-electron chi connectivity index (χ4n) is 1.68. The lowest BCUT2D eigenvalue weighted by atomic mass is 10.3. The minimum atomic E-state index is 0.243. The van der Waals surface area contributed by atoms with E-state index >= 15 is 0 Å². The van der Waals surface area contributed by atoms with Crippen LogP contribution in [-0.2, 0) is 23.1 Å². The standard InChI is InChI=1S/C10H15BrN2O2/c1-7-10(11)9(13(2)12-7)6-15-8-3-4-14-5-8/h8H,3-6H2,1-2H3. The Morgan fingerprint density at radius 2 is 2.47 bits per heavy atom. The molecule has 0 amide bonds. The maximum absolute atomic E-state index is 5.75. The molecule has 1 fully saturated rings. The summed E-state index contributed by atoms with van der Waals surface area (Å²) in [6, 6.07) is 0. The second-order valence-corrected chi connectivity index (χ2v) is 4.56. The number of halogens is 1. The van der Waals surface area contributed by atoms with Crippen LogP contribution in [0.1, 0.15) is 17.8 Å². The zero-order valence-electron chi connectivity index (χ0n) is 8.99. The molecule has 0 N–H and O–H groups in total. The first kappa shape index (κ1) is 11.1. The highest BCUT2D eigenvalue weighted by atomic mass is 79.9. The van der Waals surface area contributed by atoms with Gasteiger partial charge in [-0.15, -0.1) is 0 Å². The van der Waals surface area contributed by atoms with Crippen molar-refractivity contribution in [3.63, 3.8) is 0 Å². The van der Waals surface area contributed by atoms with Gasteiger partial charge in [-0.05, 0) is 29.3 Å². The molecule has 0 radical (unpaired) electrons. The largest absolute Gasteiger partial charge is 0.379 e. The molecule has 1 aromatic rings. The van der Waals surface area contributed by atoms with Gasteiger partial charge in [0.25, 0.3) is 0 Å². The average Bonchev–Trinajstić information content (AvgIpc) is 2.76. The van der Waals surface area contributed by atoms with Crippen LogP contribution in [0.15, 0.2) is 4.47 Å². The van der Waals surface area contributed by atoms with E-state index in [4.69, 9.17) is 9.47 Å². The number of aryl methyl sites for hydroxylation is 2. The number of aromatic nitrogens is 2. The van der Waals surface area contributed by atoms with Crippen molar-refractivity contribution in [2.75, 3.05) is 13.2 Å². The Balaban J connectivity index is 1.97. The number of ether oxygens (including phenoxy) is 2. The summed E-state index contributed by atoms with van der Waals surface area (Å²) in [6.45, 7) is 4.10. The van der Waals surface area contributed by atoms with Crippen molar-refractivity contribution >= 4 is 15.9 Å². The lowest BCUT2D eigenvalue weighted by Crippen LogP contribution is -2.13. The van der Waals surface area contributed by atoms with Gasteiger partial charge in [-0.25, -0.2) is 0 Å². The first-order valence-electron chi connectivity index (χ1n) is 5.06. The Morgan fingerprint density at radius 1 is 1.67 bits per heavy atom. The molecule has 0 spiro atoms. The fraction of sp³-hybridized carbons (Fsp3) is 0.700. The summed E-state index contributed by atoms with van der Waals surface area (Å²) in [5.41, 5.74) is 2.08. The third kappa shape index (κ3) is 2.41. The fourth-order valence-corrected chi connectivity index (χ4v) is 2.13. The first-order chi connectivity index (χ1) is 7.18. The molecular weight excluding hydrogens is 260 g/mol. The summed E-state index contributed by atoms with van der Waals surface area (Å²) in [4.78, 5) is 0. The van der Waals surface area contributed by atoms with Crippen molar-refractivity contribution in [3.8, 4) is 0 Å². The molecule has 0 aliphatic carbocycles. The van der Waals surface area contributed by atoms with E-state index in [0.29, 0.717) is 13.2 Å². The van der Waals surface area contributed by atoms with Gasteiger partial charge < -0.3 is 9.47 Å². The van der Waals surface area contributed by atoms with Gasteiger partial charge in [0.05, 0.1) is 35.2 Å². The summed E-state index contributed by atoms with van der Waals surface area (Å²) < 4.78 is 13.9. The van der Waals surface area contributed by atoms with Gasteiger partial charge >= 0.3 is 0 Å². The van der Waals surface area contributed by atoms with Crippen molar-refractivity contribution in [1.82, 2.24) is 9.78 Å². The van der Waals surface area contributed by atoms with E-state index in [0.717, 1.165) is 28.9 Å². The molecule has 1 unspecified atom stereocenters. The zero-order valence-corrected chi connectivity index (χ0v) is 10.6. The molecule has 0 bridgehead atoms. The number of nitrogens with zero attached hydrogens (tertiary/aromatic N) is 2. The van der Waals surface area contributed by atoms with Gasteiger partial charge in [-0.1, -0.05) is 0 Å². The molecule has 2 rings (SSSR count). The molecule has 1 aromatic heterocycles. The topological polar surface area (TPSA) is 36.3 Å². The van der Waals surface area contributed by atoms with Crippen LogP contribution in [0.3, 0.4) is 0 Å². The maximum atomic E-state index is 5.75. The summed E-state index contributed by atoms with van der Waals surface area (Å²) in [6.07, 6.45) is 1.24. The van der Waals surface area contributed by atoms with E-state index in [1.54, 1.807) is 0 Å². The summed E-state index contributed by atoms with van der Waals surface area (Å²) in [7, 11) is 1.93. The van der Waals surface area contributed by atoms with Crippen molar-refractivity contribution in [2.45, 2.75) is 26.1 Å². The van der Waals surface area contributed by atoms with Crippen LogP contribution in [0.5, 0.6) is 0 Å². The molecule has 1 saturated heterocycles. The lowest BCUT2D eigenvalue weighted by molar-refractivity contribution is 0.0284. The third-order valence-electron chi connectivity index (χ3n) is 2.61. The van der Waals surface area contributed by atoms with Crippen LogP contribution in [0.25, 0.3) is 0 Å². The summed E-state index contributed by atoms with van der Waals surface area (Å²) >= 11 is 3.52. The van der Waals surface area contributed by atoms with E-state index in [1.165, 1.54) is 0 Å². The number of rotatable bonds is 3. The van der Waals surface area contributed by atoms with Crippen LogP contribution in [0.2, 0.25) is 0 Å². The second kappa shape index (κ2) is 4.63. The molecule has 0 saturated carbocycles. The molecule has 0 aromatic carbocycles. The molecular formula is C10H15BrN2O2. The van der Waals surface area contributed by atoms with E-state index < -0.39 is 0 Å². The van der Waals surface area contributed by atoms with Crippen LogP contribution >= 0.6 is 15.9 Å². The van der Waals surface area contributed by atoms with E-state index in [-0.39, 0.29) is 6.10 Å². The highest BCUT2D eigenvalue weighted by Gasteiger charge is 2.18. The Kier molecular flexibility index (Phi) is 3.43. The highest BCUT2D eigenvalue weighted by Crippen LogP contribution is 2.22. The molecule has 5 heteroatoms. The van der Waals surface area contributed by atoms with Crippen LogP contribution in [0, 0.1) is 6.92 Å². The van der Waals surface area contributed by atoms with Crippen LogP contribution < -0.4 is 0 Å². The van der Waals surface area contributed by atoms with E-state index in [9.17, 15) is 0 Å².